The minimum Gasteiger partial charge on any atom is -0.312 e. The van der Waals surface area contributed by atoms with E-state index in [4.69, 9.17) is 0 Å². The molecule has 0 aromatic carbocycles. The van der Waals surface area contributed by atoms with Crippen molar-refractivity contribution in [2.24, 2.45) is 0 Å². The molecule has 0 saturated carbocycles. The Bertz CT molecular complexity index is 134. The minimum absolute atomic E-state index is 1.00. The van der Waals surface area contributed by atoms with Crippen molar-refractivity contribution < 1.29 is 0 Å². The number of allylic oxidation sites excluding steroid dienone is 1. The highest BCUT2D eigenvalue weighted by Gasteiger charge is 2.24. The van der Waals surface area contributed by atoms with Crippen LogP contribution < -0.4 is 0 Å². The third-order valence-corrected chi connectivity index (χ3v) is 6.57. The van der Waals surface area contributed by atoms with Crippen molar-refractivity contribution in [3.05, 3.63) is 12.7 Å². The van der Waals surface area contributed by atoms with Crippen LogP contribution in [0.2, 0.25) is 18.6 Å². The Balaban J connectivity index is 4.06. The summed E-state index contributed by atoms with van der Waals surface area (Å²) in [5.41, 5.74) is 0. The van der Waals surface area contributed by atoms with Gasteiger partial charge in [-0.15, -0.1) is 6.58 Å². The maximum atomic E-state index is 3.85. The lowest BCUT2D eigenvalue weighted by atomic mass is 10.6. The first-order chi connectivity index (χ1) is 5.54. The molecule has 0 saturated heterocycles. The fourth-order valence-electron chi connectivity index (χ4n) is 1.96. The van der Waals surface area contributed by atoms with E-state index < -0.39 is 8.07 Å². The Morgan fingerprint density at radius 3 is 2.33 bits per heavy atom. The third kappa shape index (κ3) is 4.73. The van der Waals surface area contributed by atoms with Crippen molar-refractivity contribution in [3.63, 3.8) is 0 Å². The molecule has 1 atom stereocenters. The second-order valence-electron chi connectivity index (χ2n) is 4.29. The predicted molar refractivity (Wildman–Crippen MR) is 60.3 cm³/mol. The second-order valence-corrected chi connectivity index (χ2v) is 9.14. The first-order valence-corrected chi connectivity index (χ1v) is 7.92. The minimum atomic E-state index is -1.00. The zero-order valence-corrected chi connectivity index (χ0v) is 10.1. The summed E-state index contributed by atoms with van der Waals surface area (Å²) in [6.07, 6.45) is 4.72. The van der Waals surface area contributed by atoms with Crippen LogP contribution in [0, 0.1) is 0 Å². The molecular formula is C10H23NSi. The van der Waals surface area contributed by atoms with Crippen LogP contribution in [0.4, 0.5) is 0 Å². The summed E-state index contributed by atoms with van der Waals surface area (Å²) < 4.78 is 0. The van der Waals surface area contributed by atoms with E-state index in [1.54, 1.807) is 0 Å². The van der Waals surface area contributed by atoms with Crippen LogP contribution >= 0.6 is 0 Å². The first kappa shape index (κ1) is 11.9. The number of nitrogens with zero attached hydrogens (tertiary/aromatic N) is 1. The molecule has 72 valence electrons. The van der Waals surface area contributed by atoms with E-state index in [2.05, 4.69) is 45.1 Å². The predicted octanol–water partition coefficient (Wildman–Crippen LogP) is 2.76. The van der Waals surface area contributed by atoms with Crippen LogP contribution in [0.3, 0.4) is 0 Å². The van der Waals surface area contributed by atoms with Crippen LogP contribution in [0.1, 0.15) is 13.3 Å². The maximum absolute atomic E-state index is 3.85. The van der Waals surface area contributed by atoms with Crippen molar-refractivity contribution in [1.82, 2.24) is 4.90 Å². The van der Waals surface area contributed by atoms with E-state index in [0.29, 0.717) is 0 Å². The van der Waals surface area contributed by atoms with Gasteiger partial charge in [0.25, 0.3) is 0 Å². The smallest absolute Gasteiger partial charge is 0.0696 e. The van der Waals surface area contributed by atoms with Gasteiger partial charge in [0, 0.05) is 0 Å². The van der Waals surface area contributed by atoms with Crippen molar-refractivity contribution in [2.75, 3.05) is 20.3 Å². The molecule has 1 unspecified atom stereocenters. The zero-order valence-electron chi connectivity index (χ0n) is 9.06. The lowest BCUT2D eigenvalue weighted by molar-refractivity contribution is 0.468. The Labute approximate surface area is 78.5 Å². The van der Waals surface area contributed by atoms with Gasteiger partial charge in [-0.1, -0.05) is 32.0 Å². The van der Waals surface area contributed by atoms with E-state index in [0.717, 1.165) is 0 Å². The van der Waals surface area contributed by atoms with Gasteiger partial charge in [0.15, 0.2) is 0 Å². The molecule has 0 spiro atoms. The molecule has 0 aliphatic carbocycles. The Morgan fingerprint density at radius 1 is 1.42 bits per heavy atom. The van der Waals surface area contributed by atoms with Gasteiger partial charge in [0.1, 0.15) is 0 Å². The molecule has 0 aromatic rings. The summed E-state index contributed by atoms with van der Waals surface area (Å²) in [6.45, 7) is 8.62. The van der Waals surface area contributed by atoms with Crippen LogP contribution in [-0.2, 0) is 0 Å². The van der Waals surface area contributed by atoms with Crippen LogP contribution in [0.25, 0.3) is 0 Å². The molecule has 0 aliphatic heterocycles. The molecular weight excluding hydrogens is 162 g/mol. The molecule has 0 rings (SSSR count). The van der Waals surface area contributed by atoms with Crippen LogP contribution in [0.15, 0.2) is 12.7 Å². The van der Waals surface area contributed by atoms with Crippen molar-refractivity contribution >= 4 is 8.07 Å². The van der Waals surface area contributed by atoms with Crippen LogP contribution in [-0.4, -0.2) is 33.2 Å². The van der Waals surface area contributed by atoms with E-state index in [1.807, 2.05) is 0 Å². The number of hydrogen-bond donors (Lipinski definition) is 0. The average molecular weight is 185 g/mol. The van der Waals surface area contributed by atoms with Gasteiger partial charge in [-0.3, -0.25) is 0 Å². The fourth-order valence-corrected chi connectivity index (χ4v) is 5.88. The fraction of sp³-hybridized carbons (Fsp3) is 0.800. The van der Waals surface area contributed by atoms with Crippen molar-refractivity contribution in [1.29, 1.82) is 0 Å². The van der Waals surface area contributed by atoms with Gasteiger partial charge in [0.2, 0.25) is 0 Å². The maximum Gasteiger partial charge on any atom is 0.0696 e. The monoisotopic (exact) mass is 185 g/mol. The van der Waals surface area contributed by atoms with E-state index in [1.165, 1.54) is 24.7 Å². The average Bonchev–Trinajstić information content (AvgIpc) is 1.85. The number of rotatable bonds is 6. The van der Waals surface area contributed by atoms with Gasteiger partial charge in [-0.25, -0.2) is 0 Å². The topological polar surface area (TPSA) is 3.24 Å². The molecule has 2 heteroatoms. The Hall–Kier alpha value is -0.0831. The summed E-state index contributed by atoms with van der Waals surface area (Å²) in [6, 6.07) is 2.69. The molecule has 0 bridgehead atoms. The molecule has 0 aromatic heterocycles. The first-order valence-electron chi connectivity index (χ1n) is 4.79. The summed E-state index contributed by atoms with van der Waals surface area (Å²) in [5.74, 6) is 0. The highest BCUT2D eigenvalue weighted by Crippen LogP contribution is 2.18. The van der Waals surface area contributed by atoms with Gasteiger partial charge in [0.05, 0.1) is 8.07 Å². The quantitative estimate of drug-likeness (QED) is 0.454. The molecule has 1 nitrogen and oxygen atoms in total. The second kappa shape index (κ2) is 5.54. The van der Waals surface area contributed by atoms with Gasteiger partial charge in [-0.2, -0.15) is 0 Å². The molecule has 0 amide bonds. The standard InChI is InChI=1S/C10H23NSi/c1-6-8-12(5,9-7-2)10-11(3)4/h6H,1,7-10H2,2-5H3. The summed E-state index contributed by atoms with van der Waals surface area (Å²) in [4.78, 5) is 2.32. The highest BCUT2D eigenvalue weighted by atomic mass is 28.3. The molecule has 0 heterocycles. The van der Waals surface area contributed by atoms with E-state index >= 15 is 0 Å². The Kier molecular flexibility index (Phi) is 5.50. The molecule has 0 fully saturated rings. The summed E-state index contributed by atoms with van der Waals surface area (Å²) in [5, 5.41) is 0. The molecule has 0 aliphatic rings. The van der Waals surface area contributed by atoms with Gasteiger partial charge >= 0.3 is 0 Å². The van der Waals surface area contributed by atoms with Crippen LogP contribution in [0.5, 0.6) is 0 Å². The lowest BCUT2D eigenvalue weighted by Gasteiger charge is -2.29. The summed E-state index contributed by atoms with van der Waals surface area (Å²) >= 11 is 0. The molecule has 0 radical (unpaired) electrons. The largest absolute Gasteiger partial charge is 0.312 e. The Morgan fingerprint density at radius 2 is 2.00 bits per heavy atom. The zero-order chi connectivity index (χ0) is 9.61. The molecule has 12 heavy (non-hydrogen) atoms. The van der Waals surface area contributed by atoms with Crippen molar-refractivity contribution in [3.8, 4) is 0 Å². The summed E-state index contributed by atoms with van der Waals surface area (Å²) in [7, 11) is 3.34. The lowest BCUT2D eigenvalue weighted by Crippen LogP contribution is -2.41. The molecule has 0 N–H and O–H groups in total. The number of hydrogen-bond acceptors (Lipinski definition) is 1. The van der Waals surface area contributed by atoms with E-state index in [-0.39, 0.29) is 0 Å². The third-order valence-electron chi connectivity index (χ3n) is 2.19. The SMILES string of the molecule is C=CC[Si](C)(CCC)CN(C)C. The van der Waals surface area contributed by atoms with E-state index in [9.17, 15) is 0 Å². The highest BCUT2D eigenvalue weighted by molar-refractivity contribution is 6.79. The van der Waals surface area contributed by atoms with Gasteiger partial charge < -0.3 is 4.90 Å². The normalized spacial score (nSPS) is 16.1. The van der Waals surface area contributed by atoms with Crippen molar-refractivity contribution in [2.45, 2.75) is 32.0 Å². The van der Waals surface area contributed by atoms with Gasteiger partial charge in [-0.05, 0) is 26.3 Å².